The summed E-state index contributed by atoms with van der Waals surface area (Å²) in [5, 5.41) is 13.4. The van der Waals surface area contributed by atoms with Crippen LogP contribution in [0.4, 0.5) is 0 Å². The maximum atomic E-state index is 6.04. The van der Waals surface area contributed by atoms with Gasteiger partial charge >= 0.3 is 0 Å². The quantitative estimate of drug-likeness (QED) is 0.437. The maximum Gasteiger partial charge on any atom is 0.237 e. The summed E-state index contributed by atoms with van der Waals surface area (Å²) in [6.45, 7) is 0.389. The SMILES string of the molecule is Cn1c(SCc2nc(Cc3ccccc3)no2)nnc1C1COc2ccccc2O1. The van der Waals surface area contributed by atoms with Crippen molar-refractivity contribution in [1.82, 2.24) is 24.9 Å². The van der Waals surface area contributed by atoms with Crippen LogP contribution in [-0.4, -0.2) is 31.5 Å². The van der Waals surface area contributed by atoms with E-state index in [4.69, 9.17) is 14.0 Å². The standard InChI is InChI=1S/C21H19N5O3S/c1-26-20(17-12-27-15-9-5-6-10-16(15)28-17)23-24-21(26)30-13-19-22-18(25-29-19)11-14-7-3-2-4-8-14/h2-10,17H,11-13H2,1H3. The molecular formula is C21H19N5O3S. The van der Waals surface area contributed by atoms with E-state index in [1.54, 1.807) is 0 Å². The van der Waals surface area contributed by atoms with Gasteiger partial charge in [-0.2, -0.15) is 4.98 Å². The highest BCUT2D eigenvalue weighted by Crippen LogP contribution is 2.36. The monoisotopic (exact) mass is 421 g/mol. The van der Waals surface area contributed by atoms with E-state index in [1.165, 1.54) is 11.8 Å². The summed E-state index contributed by atoms with van der Waals surface area (Å²) in [5.74, 6) is 3.90. The molecule has 0 fully saturated rings. The van der Waals surface area contributed by atoms with Crippen LogP contribution in [0.5, 0.6) is 11.5 Å². The molecule has 1 aliphatic heterocycles. The van der Waals surface area contributed by atoms with Gasteiger partial charge in [-0.25, -0.2) is 0 Å². The van der Waals surface area contributed by atoms with Gasteiger partial charge in [-0.1, -0.05) is 59.4 Å². The number of ether oxygens (including phenoxy) is 2. The number of fused-ring (bicyclic) bond motifs is 1. The molecule has 0 spiro atoms. The van der Waals surface area contributed by atoms with Crippen molar-refractivity contribution in [3.05, 3.63) is 77.7 Å². The predicted molar refractivity (Wildman–Crippen MR) is 109 cm³/mol. The lowest BCUT2D eigenvalue weighted by molar-refractivity contribution is 0.0825. The minimum atomic E-state index is -0.312. The number of nitrogens with zero attached hydrogens (tertiary/aromatic N) is 5. The van der Waals surface area contributed by atoms with Crippen LogP contribution < -0.4 is 9.47 Å². The first-order chi connectivity index (χ1) is 14.8. The molecule has 0 saturated heterocycles. The van der Waals surface area contributed by atoms with Crippen LogP contribution in [0.2, 0.25) is 0 Å². The Morgan fingerprint density at radius 1 is 1.03 bits per heavy atom. The Bertz CT molecular complexity index is 1140. The number of hydrogen-bond donors (Lipinski definition) is 0. The molecule has 4 aromatic rings. The summed E-state index contributed by atoms with van der Waals surface area (Å²) >= 11 is 1.49. The van der Waals surface area contributed by atoms with Crippen LogP contribution in [-0.2, 0) is 19.2 Å². The van der Waals surface area contributed by atoms with Crippen LogP contribution in [0.3, 0.4) is 0 Å². The Kier molecular flexibility index (Phi) is 5.10. The summed E-state index contributed by atoms with van der Waals surface area (Å²) in [6, 6.07) is 17.7. The molecule has 30 heavy (non-hydrogen) atoms. The largest absolute Gasteiger partial charge is 0.485 e. The van der Waals surface area contributed by atoms with Gasteiger partial charge in [-0.3, -0.25) is 0 Å². The smallest absolute Gasteiger partial charge is 0.237 e. The molecule has 2 aromatic carbocycles. The lowest BCUT2D eigenvalue weighted by Crippen LogP contribution is -2.24. The molecule has 3 heterocycles. The summed E-state index contributed by atoms with van der Waals surface area (Å²) in [5.41, 5.74) is 1.15. The maximum absolute atomic E-state index is 6.04. The normalized spacial score (nSPS) is 15.3. The van der Waals surface area contributed by atoms with Gasteiger partial charge in [0, 0.05) is 13.5 Å². The van der Waals surface area contributed by atoms with Crippen molar-refractivity contribution in [1.29, 1.82) is 0 Å². The van der Waals surface area contributed by atoms with Crippen LogP contribution in [0.25, 0.3) is 0 Å². The molecule has 1 atom stereocenters. The highest BCUT2D eigenvalue weighted by molar-refractivity contribution is 7.98. The van der Waals surface area contributed by atoms with Gasteiger partial charge in [-0.05, 0) is 17.7 Å². The number of benzene rings is 2. The Labute approximate surface area is 177 Å². The number of aromatic nitrogens is 5. The molecule has 1 aliphatic rings. The fraction of sp³-hybridized carbons (Fsp3) is 0.238. The van der Waals surface area contributed by atoms with Crippen LogP contribution in [0.1, 0.15) is 29.2 Å². The fourth-order valence-corrected chi connectivity index (χ4v) is 3.96. The summed E-state index contributed by atoms with van der Waals surface area (Å²) < 4.78 is 19.1. The van der Waals surface area contributed by atoms with E-state index in [9.17, 15) is 0 Å². The van der Waals surface area contributed by atoms with Crippen molar-refractivity contribution in [3.8, 4) is 11.5 Å². The summed E-state index contributed by atoms with van der Waals surface area (Å²) in [4.78, 5) is 4.47. The summed E-state index contributed by atoms with van der Waals surface area (Å²) in [6.07, 6.45) is 0.330. The van der Waals surface area contributed by atoms with Gasteiger partial charge in [0.05, 0.1) is 5.75 Å². The first kappa shape index (κ1) is 18.7. The summed E-state index contributed by atoms with van der Waals surface area (Å²) in [7, 11) is 1.91. The predicted octanol–water partition coefficient (Wildman–Crippen LogP) is 3.59. The second-order valence-corrected chi connectivity index (χ2v) is 7.76. The molecule has 9 heteroatoms. The van der Waals surface area contributed by atoms with Crippen LogP contribution >= 0.6 is 11.8 Å². The first-order valence-corrected chi connectivity index (χ1v) is 10.5. The Balaban J connectivity index is 1.23. The Hall–Kier alpha value is -3.33. The Morgan fingerprint density at radius 2 is 1.83 bits per heavy atom. The molecule has 2 aromatic heterocycles. The molecule has 5 rings (SSSR count). The molecule has 0 amide bonds. The van der Waals surface area contributed by atoms with Gasteiger partial charge in [0.2, 0.25) is 5.89 Å². The van der Waals surface area contributed by atoms with Crippen molar-refractivity contribution in [3.63, 3.8) is 0 Å². The molecule has 8 nitrogen and oxygen atoms in total. The second-order valence-electron chi connectivity index (χ2n) is 6.82. The van der Waals surface area contributed by atoms with Gasteiger partial charge in [0.1, 0.15) is 6.61 Å². The van der Waals surface area contributed by atoms with E-state index in [0.717, 1.165) is 16.5 Å². The average molecular weight is 421 g/mol. The number of hydrogen-bond acceptors (Lipinski definition) is 8. The molecular weight excluding hydrogens is 402 g/mol. The second kappa shape index (κ2) is 8.19. The van der Waals surface area contributed by atoms with Crippen molar-refractivity contribution in [2.24, 2.45) is 7.05 Å². The number of thioether (sulfide) groups is 1. The molecule has 0 N–H and O–H groups in total. The topological polar surface area (TPSA) is 88.1 Å². The molecule has 0 aliphatic carbocycles. The lowest BCUT2D eigenvalue weighted by atomic mass is 10.1. The van der Waals surface area contributed by atoms with E-state index in [1.807, 2.05) is 66.2 Å². The van der Waals surface area contributed by atoms with Gasteiger partial charge in [-0.15, -0.1) is 10.2 Å². The van der Waals surface area contributed by atoms with E-state index in [0.29, 0.717) is 42.1 Å². The van der Waals surface area contributed by atoms with Crippen molar-refractivity contribution < 1.29 is 14.0 Å². The fourth-order valence-electron chi connectivity index (χ4n) is 3.20. The third-order valence-corrected chi connectivity index (χ3v) is 5.71. The van der Waals surface area contributed by atoms with Gasteiger partial charge in [0.25, 0.3) is 0 Å². The van der Waals surface area contributed by atoms with E-state index >= 15 is 0 Å². The Morgan fingerprint density at radius 3 is 2.70 bits per heavy atom. The lowest BCUT2D eigenvalue weighted by Gasteiger charge is -2.25. The first-order valence-electron chi connectivity index (χ1n) is 9.52. The highest BCUT2D eigenvalue weighted by Gasteiger charge is 2.27. The van der Waals surface area contributed by atoms with E-state index in [2.05, 4.69) is 20.3 Å². The minimum Gasteiger partial charge on any atom is -0.485 e. The zero-order valence-electron chi connectivity index (χ0n) is 16.3. The van der Waals surface area contributed by atoms with E-state index in [-0.39, 0.29) is 6.10 Å². The van der Waals surface area contributed by atoms with Gasteiger partial charge in [0.15, 0.2) is 34.4 Å². The molecule has 0 saturated carbocycles. The molecule has 0 radical (unpaired) electrons. The number of rotatable bonds is 6. The molecule has 0 bridgehead atoms. The minimum absolute atomic E-state index is 0.312. The number of para-hydroxylation sites is 2. The third kappa shape index (κ3) is 3.88. The average Bonchev–Trinajstić information content (AvgIpc) is 3.38. The zero-order chi connectivity index (χ0) is 20.3. The van der Waals surface area contributed by atoms with Gasteiger partial charge < -0.3 is 18.6 Å². The molecule has 1 unspecified atom stereocenters. The zero-order valence-corrected chi connectivity index (χ0v) is 17.1. The highest BCUT2D eigenvalue weighted by atomic mass is 32.2. The van der Waals surface area contributed by atoms with Crippen molar-refractivity contribution in [2.45, 2.75) is 23.4 Å². The van der Waals surface area contributed by atoms with Crippen molar-refractivity contribution in [2.75, 3.05) is 6.61 Å². The van der Waals surface area contributed by atoms with Crippen LogP contribution in [0.15, 0.2) is 64.3 Å². The van der Waals surface area contributed by atoms with E-state index < -0.39 is 0 Å². The molecule has 152 valence electrons. The van der Waals surface area contributed by atoms with Crippen molar-refractivity contribution >= 4 is 11.8 Å². The third-order valence-electron chi connectivity index (χ3n) is 4.71. The van der Waals surface area contributed by atoms with Crippen LogP contribution in [0, 0.1) is 0 Å².